The Balaban J connectivity index is 1.46. The molecule has 3 fully saturated rings. The maximum absolute atomic E-state index is 12.4. The molecule has 2 amide bonds. The monoisotopic (exact) mass is 397 g/mol. The van der Waals surface area contributed by atoms with Gasteiger partial charge >= 0.3 is 6.03 Å². The summed E-state index contributed by atoms with van der Waals surface area (Å²) in [5.41, 5.74) is -0.259. The van der Waals surface area contributed by atoms with E-state index in [2.05, 4.69) is 20.1 Å². The maximum atomic E-state index is 12.4. The molecule has 0 atom stereocenters. The molecule has 10 heteroatoms. The highest BCUT2D eigenvalue weighted by molar-refractivity contribution is 6.03. The summed E-state index contributed by atoms with van der Waals surface area (Å²) in [6, 6.07) is 8.37. The standard InChI is InChI=1S/C19H21N6O4/c26-19(21-16-3-1-2-4-17(16)25(28)29)24(27)15-5-6-18(20-13-15)23-12-11-22-9-7-14(23)8-10-22/h1-6,13-14H,7-12H2,(H,21,26)/q-1. The summed E-state index contributed by atoms with van der Waals surface area (Å²) < 4.78 is 0. The number of aromatic nitrogens is 1. The van der Waals surface area contributed by atoms with Crippen molar-refractivity contribution in [3.63, 3.8) is 0 Å². The summed E-state index contributed by atoms with van der Waals surface area (Å²) in [7, 11) is 0. The first kappa shape index (κ1) is 19.1. The number of para-hydroxylation sites is 2. The zero-order valence-electron chi connectivity index (χ0n) is 15.7. The van der Waals surface area contributed by atoms with E-state index in [1.54, 1.807) is 18.2 Å². The molecule has 2 aromatic rings. The van der Waals surface area contributed by atoms with Gasteiger partial charge in [-0.2, -0.15) is 0 Å². The largest absolute Gasteiger partial charge is 0.750 e. The highest BCUT2D eigenvalue weighted by Gasteiger charge is 2.29. The zero-order valence-corrected chi connectivity index (χ0v) is 15.7. The molecule has 3 saturated heterocycles. The lowest BCUT2D eigenvalue weighted by Gasteiger charge is -2.33. The van der Waals surface area contributed by atoms with Gasteiger partial charge in [-0.05, 0) is 31.0 Å². The van der Waals surface area contributed by atoms with Crippen molar-refractivity contribution in [1.82, 2.24) is 9.88 Å². The summed E-state index contributed by atoms with van der Waals surface area (Å²) in [4.78, 5) is 31.8. The van der Waals surface area contributed by atoms with Gasteiger partial charge in [0.2, 0.25) is 0 Å². The molecule has 0 unspecified atom stereocenters. The Bertz CT molecular complexity index is 898. The first-order valence-corrected chi connectivity index (χ1v) is 9.49. The Morgan fingerprint density at radius 2 is 1.90 bits per heavy atom. The number of hydrogen-bond donors (Lipinski definition) is 1. The van der Waals surface area contributed by atoms with Gasteiger partial charge in [-0.1, -0.05) is 12.1 Å². The number of benzene rings is 1. The van der Waals surface area contributed by atoms with Crippen LogP contribution in [0.2, 0.25) is 0 Å². The second-order valence-electron chi connectivity index (χ2n) is 7.14. The maximum Gasteiger partial charge on any atom is 0.315 e. The van der Waals surface area contributed by atoms with Crippen LogP contribution < -0.4 is 15.3 Å². The number of nitro benzene ring substituents is 1. The van der Waals surface area contributed by atoms with Crippen LogP contribution in [0, 0.1) is 15.3 Å². The molecule has 152 valence electrons. The topological polar surface area (TPSA) is 118 Å². The zero-order chi connectivity index (χ0) is 20.4. The number of carbonyl (C=O) groups is 1. The fourth-order valence-electron chi connectivity index (χ4n) is 3.88. The van der Waals surface area contributed by atoms with E-state index in [0.29, 0.717) is 6.04 Å². The van der Waals surface area contributed by atoms with Crippen molar-refractivity contribution in [2.45, 2.75) is 18.9 Å². The molecule has 1 N–H and O–H groups in total. The smallest absolute Gasteiger partial charge is 0.315 e. The quantitative estimate of drug-likeness (QED) is 0.622. The molecule has 0 radical (unpaired) electrons. The molecule has 0 aliphatic carbocycles. The highest BCUT2D eigenvalue weighted by Crippen LogP contribution is 2.27. The number of pyridine rings is 1. The predicted octanol–water partition coefficient (Wildman–Crippen LogP) is 2.81. The molecule has 5 rings (SSSR count). The van der Waals surface area contributed by atoms with Crippen molar-refractivity contribution < 1.29 is 9.72 Å². The van der Waals surface area contributed by atoms with Crippen molar-refractivity contribution in [3.8, 4) is 0 Å². The number of carbonyl (C=O) groups excluding carboxylic acids is 1. The number of nitrogens with zero attached hydrogens (tertiary/aromatic N) is 5. The Labute approximate surface area is 167 Å². The van der Waals surface area contributed by atoms with Gasteiger partial charge in [0.1, 0.15) is 11.5 Å². The third kappa shape index (κ3) is 3.98. The van der Waals surface area contributed by atoms with Gasteiger partial charge in [0, 0.05) is 38.3 Å². The molecule has 29 heavy (non-hydrogen) atoms. The molecule has 3 aliphatic heterocycles. The number of rotatable bonds is 4. The van der Waals surface area contributed by atoms with E-state index in [1.165, 1.54) is 24.4 Å². The Hall–Kier alpha value is -3.24. The van der Waals surface area contributed by atoms with E-state index in [4.69, 9.17) is 0 Å². The van der Waals surface area contributed by atoms with Gasteiger partial charge in [0.15, 0.2) is 0 Å². The van der Waals surface area contributed by atoms with Crippen LogP contribution in [-0.2, 0) is 0 Å². The second kappa shape index (κ2) is 8.02. The molecule has 0 spiro atoms. The van der Waals surface area contributed by atoms with E-state index < -0.39 is 11.0 Å². The lowest BCUT2D eigenvalue weighted by atomic mass is 10.1. The van der Waals surface area contributed by atoms with Crippen LogP contribution in [0.5, 0.6) is 0 Å². The van der Waals surface area contributed by atoms with Gasteiger partial charge in [-0.25, -0.2) is 9.78 Å². The normalized spacial score (nSPS) is 20.8. The van der Waals surface area contributed by atoms with Crippen molar-refractivity contribution in [1.29, 1.82) is 0 Å². The van der Waals surface area contributed by atoms with Crippen molar-refractivity contribution in [2.75, 3.05) is 41.5 Å². The number of hydroxylamine groups is 1. The fourth-order valence-corrected chi connectivity index (χ4v) is 3.88. The average Bonchev–Trinajstić information content (AvgIpc) is 3.07. The number of anilines is 3. The lowest BCUT2D eigenvalue weighted by molar-refractivity contribution is -0.383. The van der Waals surface area contributed by atoms with Crippen LogP contribution in [-0.4, -0.2) is 53.1 Å². The van der Waals surface area contributed by atoms with Crippen molar-refractivity contribution >= 4 is 28.9 Å². The Kier molecular flexibility index (Phi) is 5.28. The number of amides is 2. The fraction of sp³-hybridized carbons (Fsp3) is 0.368. The summed E-state index contributed by atoms with van der Waals surface area (Å²) in [6.45, 7) is 4.07. The van der Waals surface area contributed by atoms with Crippen LogP contribution >= 0.6 is 0 Å². The van der Waals surface area contributed by atoms with Gasteiger partial charge in [-0.15, -0.1) is 0 Å². The highest BCUT2D eigenvalue weighted by atomic mass is 16.6. The van der Waals surface area contributed by atoms with Crippen molar-refractivity contribution in [2.24, 2.45) is 0 Å². The van der Waals surface area contributed by atoms with Crippen LogP contribution in [0.15, 0.2) is 42.6 Å². The molecule has 3 aliphatic rings. The van der Waals surface area contributed by atoms with Gasteiger partial charge in [0.05, 0.1) is 16.8 Å². The molecule has 1 aromatic heterocycles. The number of nitrogens with one attached hydrogen (secondary N) is 1. The number of hydrogen-bond acceptors (Lipinski definition) is 7. The van der Waals surface area contributed by atoms with E-state index >= 15 is 0 Å². The van der Waals surface area contributed by atoms with Crippen LogP contribution in [0.1, 0.15) is 12.8 Å². The second-order valence-corrected chi connectivity index (χ2v) is 7.14. The van der Waals surface area contributed by atoms with Crippen LogP contribution in [0.3, 0.4) is 0 Å². The van der Waals surface area contributed by atoms with Gasteiger partial charge in [0.25, 0.3) is 5.69 Å². The van der Waals surface area contributed by atoms with Crippen molar-refractivity contribution in [3.05, 3.63) is 57.9 Å². The van der Waals surface area contributed by atoms with Crippen LogP contribution in [0.4, 0.5) is 27.7 Å². The predicted molar refractivity (Wildman–Crippen MR) is 109 cm³/mol. The number of urea groups is 1. The van der Waals surface area contributed by atoms with E-state index in [-0.39, 0.29) is 22.1 Å². The van der Waals surface area contributed by atoms with E-state index in [1.807, 2.05) is 0 Å². The molecular weight excluding hydrogens is 376 g/mol. The SMILES string of the molecule is O=C(Nc1ccccc1[N+](=O)[O-])N([O-])c1ccc(N2CCN3CCC2CC3)nc1. The van der Waals surface area contributed by atoms with Gasteiger partial charge < -0.3 is 25.4 Å². The van der Waals surface area contributed by atoms with E-state index in [9.17, 15) is 20.1 Å². The first-order valence-electron chi connectivity index (χ1n) is 9.49. The summed E-state index contributed by atoms with van der Waals surface area (Å²) >= 11 is 0. The third-order valence-corrected chi connectivity index (χ3v) is 5.44. The minimum Gasteiger partial charge on any atom is -0.750 e. The molecule has 10 nitrogen and oxygen atoms in total. The Morgan fingerprint density at radius 3 is 2.59 bits per heavy atom. The average molecular weight is 397 g/mol. The summed E-state index contributed by atoms with van der Waals surface area (Å²) in [5, 5.41) is 25.9. The molecular formula is C19H21N6O4-. The number of piperidine rings is 1. The molecule has 2 bridgehead atoms. The van der Waals surface area contributed by atoms with E-state index in [0.717, 1.165) is 44.8 Å². The molecule has 0 saturated carbocycles. The first-order chi connectivity index (χ1) is 14.0. The number of fused-ring (bicyclic) bond motifs is 4. The Morgan fingerprint density at radius 1 is 1.14 bits per heavy atom. The minimum atomic E-state index is -1.02. The number of nitro groups is 1. The summed E-state index contributed by atoms with van der Waals surface area (Å²) in [5.74, 6) is 0.787. The van der Waals surface area contributed by atoms with Gasteiger partial charge in [-0.3, -0.25) is 10.1 Å². The molecule has 4 heterocycles. The molecule has 1 aromatic carbocycles. The third-order valence-electron chi connectivity index (χ3n) is 5.44. The van der Waals surface area contributed by atoms with Crippen LogP contribution in [0.25, 0.3) is 0 Å². The minimum absolute atomic E-state index is 0.0386. The lowest BCUT2D eigenvalue weighted by Crippen LogP contribution is -2.38. The summed E-state index contributed by atoms with van der Waals surface area (Å²) in [6.07, 6.45) is 3.55.